The molecule has 1 atom stereocenters. The summed E-state index contributed by atoms with van der Waals surface area (Å²) in [6.45, 7) is 2.52. The number of aliphatic hydroxyl groups is 1. The quantitative estimate of drug-likeness (QED) is 0.885. The minimum Gasteiger partial charge on any atom is -0.395 e. The van der Waals surface area contributed by atoms with Gasteiger partial charge in [-0.25, -0.2) is 9.37 Å². The summed E-state index contributed by atoms with van der Waals surface area (Å²) in [5, 5.41) is 12.6. The van der Waals surface area contributed by atoms with E-state index in [9.17, 15) is 9.50 Å². The second kappa shape index (κ2) is 5.27. The third-order valence-electron chi connectivity index (χ3n) is 3.73. The van der Waals surface area contributed by atoms with E-state index in [-0.39, 0.29) is 12.4 Å². The standard InChI is InChI=1S/C14H18FN3O/c15-11-3-4-13-12(8-11)17-14(18(13)6-7-19)10-2-1-5-16-9-10/h3-4,8,10,16,19H,1-2,5-7,9H2. The van der Waals surface area contributed by atoms with Crippen LogP contribution in [0.2, 0.25) is 0 Å². The zero-order chi connectivity index (χ0) is 13.2. The van der Waals surface area contributed by atoms with E-state index in [2.05, 4.69) is 10.3 Å². The number of rotatable bonds is 3. The third kappa shape index (κ3) is 2.35. The number of hydrogen-bond acceptors (Lipinski definition) is 3. The molecule has 1 unspecified atom stereocenters. The average molecular weight is 263 g/mol. The van der Waals surface area contributed by atoms with E-state index in [4.69, 9.17) is 0 Å². The second-order valence-electron chi connectivity index (χ2n) is 5.02. The first kappa shape index (κ1) is 12.6. The summed E-state index contributed by atoms with van der Waals surface area (Å²) in [4.78, 5) is 4.59. The van der Waals surface area contributed by atoms with Crippen LogP contribution < -0.4 is 5.32 Å². The normalized spacial score (nSPS) is 20.0. The van der Waals surface area contributed by atoms with Crippen LogP contribution in [-0.4, -0.2) is 34.4 Å². The predicted octanol–water partition coefficient (Wildman–Crippen LogP) is 1.63. The van der Waals surface area contributed by atoms with Gasteiger partial charge < -0.3 is 15.0 Å². The van der Waals surface area contributed by atoms with Gasteiger partial charge in [0.25, 0.3) is 0 Å². The Labute approximate surface area is 111 Å². The van der Waals surface area contributed by atoms with Crippen LogP contribution in [0.1, 0.15) is 24.6 Å². The largest absolute Gasteiger partial charge is 0.395 e. The van der Waals surface area contributed by atoms with Crippen molar-refractivity contribution in [2.24, 2.45) is 0 Å². The number of halogens is 1. The topological polar surface area (TPSA) is 50.1 Å². The molecule has 0 saturated carbocycles. The van der Waals surface area contributed by atoms with Crippen molar-refractivity contribution in [1.29, 1.82) is 0 Å². The van der Waals surface area contributed by atoms with Crippen molar-refractivity contribution in [2.45, 2.75) is 25.3 Å². The van der Waals surface area contributed by atoms with Crippen LogP contribution in [-0.2, 0) is 6.54 Å². The third-order valence-corrected chi connectivity index (χ3v) is 3.73. The lowest BCUT2D eigenvalue weighted by molar-refractivity contribution is 0.273. The van der Waals surface area contributed by atoms with E-state index in [0.717, 1.165) is 37.3 Å². The van der Waals surface area contributed by atoms with E-state index in [1.54, 1.807) is 6.07 Å². The van der Waals surface area contributed by atoms with Gasteiger partial charge in [-0.3, -0.25) is 0 Å². The molecule has 0 bridgehead atoms. The van der Waals surface area contributed by atoms with Gasteiger partial charge in [0.15, 0.2) is 0 Å². The van der Waals surface area contributed by atoms with E-state index in [1.807, 2.05) is 4.57 Å². The number of benzene rings is 1. The van der Waals surface area contributed by atoms with Crippen LogP contribution in [0.4, 0.5) is 4.39 Å². The minimum atomic E-state index is -0.269. The molecule has 1 saturated heterocycles. The van der Waals surface area contributed by atoms with E-state index in [0.29, 0.717) is 18.0 Å². The molecule has 0 amide bonds. The van der Waals surface area contributed by atoms with Crippen LogP contribution in [0.25, 0.3) is 11.0 Å². The number of hydrogen-bond donors (Lipinski definition) is 2. The van der Waals surface area contributed by atoms with Gasteiger partial charge >= 0.3 is 0 Å². The Morgan fingerprint density at radius 2 is 2.37 bits per heavy atom. The molecule has 4 nitrogen and oxygen atoms in total. The lowest BCUT2D eigenvalue weighted by Gasteiger charge is -2.23. The molecule has 3 rings (SSSR count). The van der Waals surface area contributed by atoms with Crippen molar-refractivity contribution in [1.82, 2.24) is 14.9 Å². The first-order valence-electron chi connectivity index (χ1n) is 6.77. The summed E-state index contributed by atoms with van der Waals surface area (Å²) in [6.07, 6.45) is 2.21. The summed E-state index contributed by atoms with van der Waals surface area (Å²) < 4.78 is 15.3. The molecule has 2 heterocycles. The summed E-state index contributed by atoms with van der Waals surface area (Å²) in [5.74, 6) is 1.03. The molecule has 1 aliphatic rings. The molecule has 1 fully saturated rings. The number of aromatic nitrogens is 2. The van der Waals surface area contributed by atoms with Crippen LogP contribution in [0.3, 0.4) is 0 Å². The average Bonchev–Trinajstić information content (AvgIpc) is 2.78. The molecule has 0 spiro atoms. The van der Waals surface area contributed by atoms with Gasteiger partial charge in [0.2, 0.25) is 0 Å². The van der Waals surface area contributed by atoms with Crippen LogP contribution in [0, 0.1) is 5.82 Å². The molecule has 0 aliphatic carbocycles. The van der Waals surface area contributed by atoms with E-state index >= 15 is 0 Å². The maximum absolute atomic E-state index is 13.3. The molecule has 2 aromatic rings. The highest BCUT2D eigenvalue weighted by Gasteiger charge is 2.22. The van der Waals surface area contributed by atoms with Crippen molar-refractivity contribution in [3.8, 4) is 0 Å². The lowest BCUT2D eigenvalue weighted by atomic mass is 9.99. The molecule has 19 heavy (non-hydrogen) atoms. The molecule has 102 valence electrons. The van der Waals surface area contributed by atoms with Crippen LogP contribution in [0.5, 0.6) is 0 Å². The molecule has 0 radical (unpaired) electrons. The SMILES string of the molecule is OCCn1c(C2CCCNC2)nc2cc(F)ccc21. The highest BCUT2D eigenvalue weighted by Crippen LogP contribution is 2.27. The Hall–Kier alpha value is -1.46. The number of piperidine rings is 1. The maximum atomic E-state index is 13.3. The monoisotopic (exact) mass is 263 g/mol. The number of fused-ring (bicyclic) bond motifs is 1. The summed E-state index contributed by atoms with van der Waals surface area (Å²) in [7, 11) is 0. The molecule has 1 aliphatic heterocycles. The second-order valence-corrected chi connectivity index (χ2v) is 5.02. The Kier molecular flexibility index (Phi) is 3.48. The highest BCUT2D eigenvalue weighted by molar-refractivity contribution is 5.76. The van der Waals surface area contributed by atoms with Gasteiger partial charge in [-0.05, 0) is 31.5 Å². The van der Waals surface area contributed by atoms with Gasteiger partial charge in [-0.15, -0.1) is 0 Å². The van der Waals surface area contributed by atoms with Crippen LogP contribution in [0.15, 0.2) is 18.2 Å². The maximum Gasteiger partial charge on any atom is 0.125 e. The fourth-order valence-corrected chi connectivity index (χ4v) is 2.84. The number of nitrogens with one attached hydrogen (secondary N) is 1. The van der Waals surface area contributed by atoms with E-state index in [1.165, 1.54) is 12.1 Å². The predicted molar refractivity (Wildman–Crippen MR) is 71.6 cm³/mol. The molecule has 5 heteroatoms. The minimum absolute atomic E-state index is 0.0655. The first-order valence-corrected chi connectivity index (χ1v) is 6.77. The summed E-state index contributed by atoms with van der Waals surface area (Å²) in [6, 6.07) is 4.65. The zero-order valence-corrected chi connectivity index (χ0v) is 10.8. The summed E-state index contributed by atoms with van der Waals surface area (Å²) >= 11 is 0. The van der Waals surface area contributed by atoms with E-state index < -0.39 is 0 Å². The summed E-state index contributed by atoms with van der Waals surface area (Å²) in [5.41, 5.74) is 1.57. The van der Waals surface area contributed by atoms with Gasteiger partial charge in [0.05, 0.1) is 17.6 Å². The van der Waals surface area contributed by atoms with Crippen LogP contribution >= 0.6 is 0 Å². The van der Waals surface area contributed by atoms with Gasteiger partial charge in [-0.2, -0.15) is 0 Å². The number of nitrogens with zero attached hydrogens (tertiary/aromatic N) is 2. The Morgan fingerprint density at radius 3 is 3.11 bits per heavy atom. The lowest BCUT2D eigenvalue weighted by Crippen LogP contribution is -2.30. The Morgan fingerprint density at radius 1 is 1.47 bits per heavy atom. The van der Waals surface area contributed by atoms with Crippen molar-refractivity contribution < 1.29 is 9.50 Å². The Bertz CT molecular complexity index is 575. The van der Waals surface area contributed by atoms with Crippen molar-refractivity contribution in [2.75, 3.05) is 19.7 Å². The van der Waals surface area contributed by atoms with Crippen molar-refractivity contribution in [3.63, 3.8) is 0 Å². The molecular weight excluding hydrogens is 245 g/mol. The van der Waals surface area contributed by atoms with Gasteiger partial charge in [0, 0.05) is 25.1 Å². The highest BCUT2D eigenvalue weighted by atomic mass is 19.1. The molecular formula is C14H18FN3O. The fraction of sp³-hybridized carbons (Fsp3) is 0.500. The number of aliphatic hydroxyl groups excluding tert-OH is 1. The number of imidazole rings is 1. The first-order chi connectivity index (χ1) is 9.29. The molecule has 1 aromatic carbocycles. The van der Waals surface area contributed by atoms with Crippen molar-refractivity contribution >= 4 is 11.0 Å². The van der Waals surface area contributed by atoms with Gasteiger partial charge in [-0.1, -0.05) is 0 Å². The van der Waals surface area contributed by atoms with Crippen molar-refractivity contribution in [3.05, 3.63) is 29.8 Å². The fourth-order valence-electron chi connectivity index (χ4n) is 2.84. The van der Waals surface area contributed by atoms with Gasteiger partial charge in [0.1, 0.15) is 11.6 Å². The smallest absolute Gasteiger partial charge is 0.125 e. The zero-order valence-electron chi connectivity index (χ0n) is 10.8. The molecule has 2 N–H and O–H groups in total. The molecule has 1 aromatic heterocycles. The Balaban J connectivity index is 2.08.